The number of nitrogens with one attached hydrogen (secondary N) is 1. The van der Waals surface area contributed by atoms with Gasteiger partial charge in [0.25, 0.3) is 0 Å². The maximum atomic E-state index is 12.6. The number of aromatic nitrogens is 2. The van der Waals surface area contributed by atoms with Crippen molar-refractivity contribution in [2.24, 2.45) is 0 Å². The Morgan fingerprint density at radius 1 is 1.00 bits per heavy atom. The Morgan fingerprint density at radius 2 is 1.69 bits per heavy atom. The number of hydrogen-bond acceptors (Lipinski definition) is 6. The minimum Gasteiger partial charge on any atom is -0.378 e. The zero-order valence-corrected chi connectivity index (χ0v) is 17.4. The molecule has 1 fully saturated rings. The number of rotatable bonds is 4. The third-order valence-corrected chi connectivity index (χ3v) is 5.70. The molecule has 0 unspecified atom stereocenters. The summed E-state index contributed by atoms with van der Waals surface area (Å²) >= 11 is 1.41. The standard InChI is InChI=1S/C21H24N6OS/c1-25(2)18-10-8-17(9-11-18)22-20(28)26-12-14-27(15-13-26)21-23-19(24-29-21)16-6-4-3-5-7-16/h3-11H,12-15H2,1-2H3,(H,22,28). The van der Waals surface area contributed by atoms with E-state index in [1.807, 2.05) is 78.5 Å². The summed E-state index contributed by atoms with van der Waals surface area (Å²) in [6.45, 7) is 2.80. The average molecular weight is 409 g/mol. The predicted molar refractivity (Wildman–Crippen MR) is 119 cm³/mol. The van der Waals surface area contributed by atoms with Gasteiger partial charge in [-0.1, -0.05) is 30.3 Å². The van der Waals surface area contributed by atoms with Crippen LogP contribution in [0.3, 0.4) is 0 Å². The van der Waals surface area contributed by atoms with Gasteiger partial charge in [-0.25, -0.2) is 4.79 Å². The van der Waals surface area contributed by atoms with Crippen molar-refractivity contribution in [3.63, 3.8) is 0 Å². The van der Waals surface area contributed by atoms with Gasteiger partial charge in [0.15, 0.2) is 5.82 Å². The molecule has 0 aliphatic carbocycles. The zero-order chi connectivity index (χ0) is 20.2. The highest BCUT2D eigenvalue weighted by Gasteiger charge is 2.23. The molecular formula is C21H24N6OS. The summed E-state index contributed by atoms with van der Waals surface area (Å²) in [6.07, 6.45) is 0. The van der Waals surface area contributed by atoms with E-state index in [-0.39, 0.29) is 6.03 Å². The molecule has 150 valence electrons. The molecule has 0 bridgehead atoms. The number of hydrogen-bond donors (Lipinski definition) is 1. The lowest BCUT2D eigenvalue weighted by atomic mass is 10.2. The van der Waals surface area contributed by atoms with E-state index in [0.717, 1.165) is 41.0 Å². The minimum absolute atomic E-state index is 0.0653. The van der Waals surface area contributed by atoms with Crippen LogP contribution < -0.4 is 15.1 Å². The first-order valence-corrected chi connectivity index (χ1v) is 10.3. The molecule has 2 heterocycles. The second-order valence-electron chi connectivity index (χ2n) is 7.11. The fraction of sp³-hybridized carbons (Fsp3) is 0.286. The number of nitrogens with zero attached hydrogens (tertiary/aromatic N) is 5. The summed E-state index contributed by atoms with van der Waals surface area (Å²) < 4.78 is 4.48. The molecule has 1 aromatic heterocycles. The van der Waals surface area contributed by atoms with Crippen molar-refractivity contribution in [2.45, 2.75) is 0 Å². The Morgan fingerprint density at radius 3 is 2.34 bits per heavy atom. The molecule has 1 aliphatic heterocycles. The molecular weight excluding hydrogens is 384 g/mol. The molecule has 4 rings (SSSR count). The summed E-state index contributed by atoms with van der Waals surface area (Å²) in [6, 6.07) is 17.8. The minimum atomic E-state index is -0.0653. The Hall–Kier alpha value is -3.13. The van der Waals surface area contributed by atoms with Crippen molar-refractivity contribution in [1.29, 1.82) is 0 Å². The van der Waals surface area contributed by atoms with Crippen molar-refractivity contribution < 1.29 is 4.79 Å². The van der Waals surface area contributed by atoms with Crippen LogP contribution in [0, 0.1) is 0 Å². The summed E-state index contributed by atoms with van der Waals surface area (Å²) in [5.74, 6) is 0.756. The number of carbonyl (C=O) groups is 1. The molecule has 0 atom stereocenters. The Balaban J connectivity index is 1.32. The SMILES string of the molecule is CN(C)c1ccc(NC(=O)N2CCN(c3nc(-c4ccccc4)ns3)CC2)cc1. The molecule has 1 aliphatic rings. The second-order valence-corrected chi connectivity index (χ2v) is 7.84. The summed E-state index contributed by atoms with van der Waals surface area (Å²) in [4.78, 5) is 23.3. The van der Waals surface area contributed by atoms with Crippen LogP contribution in [0.2, 0.25) is 0 Å². The lowest BCUT2D eigenvalue weighted by Gasteiger charge is -2.34. The number of benzene rings is 2. The summed E-state index contributed by atoms with van der Waals surface area (Å²) in [7, 11) is 3.99. The van der Waals surface area contributed by atoms with Crippen LogP contribution in [0.15, 0.2) is 54.6 Å². The molecule has 2 amide bonds. The van der Waals surface area contributed by atoms with E-state index in [1.54, 1.807) is 0 Å². The van der Waals surface area contributed by atoms with E-state index >= 15 is 0 Å². The summed E-state index contributed by atoms with van der Waals surface area (Å²) in [5, 5.41) is 3.89. The lowest BCUT2D eigenvalue weighted by Crippen LogP contribution is -2.50. The van der Waals surface area contributed by atoms with Gasteiger partial charge < -0.3 is 20.0 Å². The predicted octanol–water partition coefficient (Wildman–Crippen LogP) is 3.63. The third kappa shape index (κ3) is 4.48. The average Bonchev–Trinajstić information content (AvgIpc) is 3.25. The van der Waals surface area contributed by atoms with Gasteiger partial charge in [0, 0.05) is 68.7 Å². The van der Waals surface area contributed by atoms with E-state index in [1.165, 1.54) is 11.5 Å². The van der Waals surface area contributed by atoms with Gasteiger partial charge in [-0.15, -0.1) is 0 Å². The largest absolute Gasteiger partial charge is 0.378 e. The van der Waals surface area contributed by atoms with E-state index in [0.29, 0.717) is 13.1 Å². The van der Waals surface area contributed by atoms with Crippen molar-refractivity contribution in [1.82, 2.24) is 14.3 Å². The molecule has 0 spiro atoms. The van der Waals surface area contributed by atoms with Gasteiger partial charge in [0.1, 0.15) is 0 Å². The summed E-state index contributed by atoms with van der Waals surface area (Å²) in [5.41, 5.74) is 2.93. The molecule has 1 saturated heterocycles. The molecule has 3 aromatic rings. The first kappa shape index (κ1) is 19.2. The van der Waals surface area contributed by atoms with Crippen LogP contribution >= 0.6 is 11.5 Å². The van der Waals surface area contributed by atoms with Crippen LogP contribution in [0.4, 0.5) is 21.3 Å². The molecule has 0 saturated carbocycles. The normalized spacial score (nSPS) is 14.0. The molecule has 8 heteroatoms. The van der Waals surface area contributed by atoms with Gasteiger partial charge in [-0.3, -0.25) is 0 Å². The molecule has 7 nitrogen and oxygen atoms in total. The first-order chi connectivity index (χ1) is 14.1. The van der Waals surface area contributed by atoms with Crippen LogP contribution in [0.1, 0.15) is 0 Å². The van der Waals surface area contributed by atoms with Crippen LogP contribution in [-0.4, -0.2) is 60.6 Å². The maximum absolute atomic E-state index is 12.6. The smallest absolute Gasteiger partial charge is 0.321 e. The van der Waals surface area contributed by atoms with Crippen molar-refractivity contribution in [2.75, 3.05) is 55.4 Å². The van der Waals surface area contributed by atoms with Gasteiger partial charge in [0.2, 0.25) is 5.13 Å². The maximum Gasteiger partial charge on any atom is 0.321 e. The van der Waals surface area contributed by atoms with E-state index in [9.17, 15) is 4.79 Å². The highest BCUT2D eigenvalue weighted by molar-refractivity contribution is 7.09. The Kier molecular flexibility index (Phi) is 5.62. The molecule has 1 N–H and O–H groups in total. The molecule has 29 heavy (non-hydrogen) atoms. The Labute approximate surface area is 174 Å². The van der Waals surface area contributed by atoms with E-state index < -0.39 is 0 Å². The van der Waals surface area contributed by atoms with Crippen molar-refractivity contribution in [3.05, 3.63) is 54.6 Å². The van der Waals surface area contributed by atoms with E-state index in [4.69, 9.17) is 0 Å². The number of carbonyl (C=O) groups excluding carboxylic acids is 1. The van der Waals surface area contributed by atoms with Gasteiger partial charge in [-0.2, -0.15) is 9.36 Å². The topological polar surface area (TPSA) is 64.6 Å². The zero-order valence-electron chi connectivity index (χ0n) is 16.6. The van der Waals surface area contributed by atoms with Crippen LogP contribution in [0.5, 0.6) is 0 Å². The fourth-order valence-corrected chi connectivity index (χ4v) is 3.93. The monoisotopic (exact) mass is 408 g/mol. The first-order valence-electron chi connectivity index (χ1n) is 9.57. The third-order valence-electron chi connectivity index (χ3n) is 4.92. The molecule has 0 radical (unpaired) electrons. The second kappa shape index (κ2) is 8.48. The highest BCUT2D eigenvalue weighted by atomic mass is 32.1. The Bertz CT molecular complexity index is 949. The van der Waals surface area contributed by atoms with Crippen LogP contribution in [-0.2, 0) is 0 Å². The number of urea groups is 1. The van der Waals surface area contributed by atoms with Crippen LogP contribution in [0.25, 0.3) is 11.4 Å². The van der Waals surface area contributed by atoms with E-state index in [2.05, 4.69) is 19.6 Å². The van der Waals surface area contributed by atoms with Gasteiger partial charge >= 0.3 is 6.03 Å². The molecule has 2 aromatic carbocycles. The highest BCUT2D eigenvalue weighted by Crippen LogP contribution is 2.25. The van der Waals surface area contributed by atoms with Crippen molar-refractivity contribution in [3.8, 4) is 11.4 Å². The number of piperazine rings is 1. The fourth-order valence-electron chi connectivity index (χ4n) is 3.19. The number of amides is 2. The van der Waals surface area contributed by atoms with Gasteiger partial charge in [0.05, 0.1) is 0 Å². The number of anilines is 3. The lowest BCUT2D eigenvalue weighted by molar-refractivity contribution is 0.208. The van der Waals surface area contributed by atoms with Gasteiger partial charge in [-0.05, 0) is 24.3 Å². The van der Waals surface area contributed by atoms with Crippen molar-refractivity contribution >= 4 is 34.1 Å². The quantitative estimate of drug-likeness (QED) is 0.714.